The minimum absolute atomic E-state index is 0.0706. The molecule has 2 aromatic carbocycles. The van der Waals surface area contributed by atoms with E-state index in [1.807, 2.05) is 24.3 Å². The van der Waals surface area contributed by atoms with E-state index >= 15 is 0 Å². The van der Waals surface area contributed by atoms with Gasteiger partial charge in [0, 0.05) is 6.54 Å². The lowest BCUT2D eigenvalue weighted by molar-refractivity contribution is 0.322. The number of ether oxygens (including phenoxy) is 1. The quantitative estimate of drug-likeness (QED) is 0.785. The van der Waals surface area contributed by atoms with Crippen LogP contribution in [-0.2, 0) is 15.4 Å². The molecule has 0 aliphatic rings. The van der Waals surface area contributed by atoms with E-state index in [0.717, 1.165) is 0 Å². The van der Waals surface area contributed by atoms with E-state index in [1.54, 1.807) is 18.2 Å². The summed E-state index contributed by atoms with van der Waals surface area (Å²) >= 11 is 5.92. The highest BCUT2D eigenvalue weighted by Crippen LogP contribution is 2.24. The van der Waals surface area contributed by atoms with E-state index in [-0.39, 0.29) is 28.5 Å². The van der Waals surface area contributed by atoms with Gasteiger partial charge in [0.1, 0.15) is 17.3 Å². The molecule has 0 heterocycles. The average Bonchev–Trinajstić information content (AvgIpc) is 2.51. The summed E-state index contributed by atoms with van der Waals surface area (Å²) in [6.45, 7) is 6.83. The van der Waals surface area contributed by atoms with Crippen molar-refractivity contribution in [3.8, 4) is 5.75 Å². The maximum absolute atomic E-state index is 12.2. The third-order valence-corrected chi connectivity index (χ3v) is 5.47. The van der Waals surface area contributed by atoms with Crippen molar-refractivity contribution in [2.75, 3.05) is 13.2 Å². The molecule has 6 heteroatoms. The van der Waals surface area contributed by atoms with E-state index in [2.05, 4.69) is 25.5 Å². The SMILES string of the molecule is CC(C)(C)c1ccc(OCCNS(=O)(=O)c2ccccc2Cl)cc1. The maximum Gasteiger partial charge on any atom is 0.242 e. The van der Waals surface area contributed by atoms with Gasteiger partial charge in [-0.15, -0.1) is 0 Å². The van der Waals surface area contributed by atoms with Gasteiger partial charge in [-0.1, -0.05) is 56.6 Å². The van der Waals surface area contributed by atoms with Crippen LogP contribution in [0.4, 0.5) is 0 Å². The molecule has 2 aromatic rings. The summed E-state index contributed by atoms with van der Waals surface area (Å²) in [7, 11) is -3.63. The van der Waals surface area contributed by atoms with E-state index in [9.17, 15) is 8.42 Å². The number of hydrogen-bond donors (Lipinski definition) is 1. The predicted molar refractivity (Wildman–Crippen MR) is 97.3 cm³/mol. The van der Waals surface area contributed by atoms with Crippen LogP contribution in [0.2, 0.25) is 5.02 Å². The molecule has 0 aliphatic carbocycles. The molecular formula is C18H22ClNO3S. The summed E-state index contributed by atoms with van der Waals surface area (Å²) in [6.07, 6.45) is 0. The lowest BCUT2D eigenvalue weighted by Crippen LogP contribution is -2.28. The number of hydrogen-bond acceptors (Lipinski definition) is 3. The second kappa shape index (κ2) is 7.55. The van der Waals surface area contributed by atoms with Crippen molar-refractivity contribution in [2.45, 2.75) is 31.1 Å². The van der Waals surface area contributed by atoms with Crippen LogP contribution in [0.5, 0.6) is 5.75 Å². The Morgan fingerprint density at radius 3 is 2.25 bits per heavy atom. The summed E-state index contributed by atoms with van der Waals surface area (Å²) in [6, 6.07) is 14.2. The van der Waals surface area contributed by atoms with Crippen LogP contribution in [0.25, 0.3) is 0 Å². The Bertz CT molecular complexity index is 781. The largest absolute Gasteiger partial charge is 0.492 e. The topological polar surface area (TPSA) is 55.4 Å². The number of rotatable bonds is 6. The molecule has 1 N–H and O–H groups in total. The van der Waals surface area contributed by atoms with E-state index in [0.29, 0.717) is 5.75 Å². The van der Waals surface area contributed by atoms with E-state index in [4.69, 9.17) is 16.3 Å². The van der Waals surface area contributed by atoms with Crippen molar-refractivity contribution < 1.29 is 13.2 Å². The van der Waals surface area contributed by atoms with Crippen molar-refractivity contribution in [1.82, 2.24) is 4.72 Å². The van der Waals surface area contributed by atoms with Gasteiger partial charge in [-0.3, -0.25) is 0 Å². The molecule has 130 valence electrons. The summed E-state index contributed by atoms with van der Waals surface area (Å²) in [4.78, 5) is 0.0706. The summed E-state index contributed by atoms with van der Waals surface area (Å²) < 4.78 is 32.4. The molecule has 24 heavy (non-hydrogen) atoms. The minimum atomic E-state index is -3.63. The van der Waals surface area contributed by atoms with E-state index in [1.165, 1.54) is 11.6 Å². The van der Waals surface area contributed by atoms with Gasteiger partial charge in [-0.2, -0.15) is 0 Å². The molecule has 0 amide bonds. The lowest BCUT2D eigenvalue weighted by atomic mass is 9.87. The molecule has 0 unspecified atom stereocenters. The van der Waals surface area contributed by atoms with E-state index < -0.39 is 10.0 Å². The van der Waals surface area contributed by atoms with Gasteiger partial charge in [0.25, 0.3) is 0 Å². The van der Waals surface area contributed by atoms with Gasteiger partial charge in [0.15, 0.2) is 0 Å². The molecule has 2 rings (SSSR count). The molecule has 0 radical (unpaired) electrons. The Labute approximate surface area is 148 Å². The summed E-state index contributed by atoms with van der Waals surface area (Å²) in [5, 5.41) is 0.198. The summed E-state index contributed by atoms with van der Waals surface area (Å²) in [5.41, 5.74) is 1.30. The Morgan fingerprint density at radius 2 is 1.67 bits per heavy atom. The molecule has 0 saturated heterocycles. The van der Waals surface area contributed by atoms with Crippen LogP contribution >= 0.6 is 11.6 Å². The first-order valence-corrected chi connectivity index (χ1v) is 9.54. The highest BCUT2D eigenvalue weighted by molar-refractivity contribution is 7.89. The summed E-state index contributed by atoms with van der Waals surface area (Å²) in [5.74, 6) is 0.708. The fourth-order valence-corrected chi connectivity index (χ4v) is 3.67. The second-order valence-electron chi connectivity index (χ2n) is 6.45. The van der Waals surface area contributed by atoms with Crippen LogP contribution in [-0.4, -0.2) is 21.6 Å². The fourth-order valence-electron chi connectivity index (χ4n) is 2.14. The van der Waals surface area contributed by atoms with Crippen LogP contribution < -0.4 is 9.46 Å². The molecule has 0 spiro atoms. The zero-order chi connectivity index (χ0) is 17.8. The van der Waals surface area contributed by atoms with Gasteiger partial charge in [-0.05, 0) is 35.2 Å². The first-order valence-electron chi connectivity index (χ1n) is 7.68. The molecule has 0 atom stereocenters. The Balaban J connectivity index is 1.88. The lowest BCUT2D eigenvalue weighted by Gasteiger charge is -2.19. The number of sulfonamides is 1. The third kappa shape index (κ3) is 4.97. The highest BCUT2D eigenvalue weighted by Gasteiger charge is 2.16. The normalized spacial score (nSPS) is 12.2. The second-order valence-corrected chi connectivity index (χ2v) is 8.59. The van der Waals surface area contributed by atoms with Crippen LogP contribution in [0, 0.1) is 0 Å². The van der Waals surface area contributed by atoms with Crippen molar-refractivity contribution in [2.24, 2.45) is 0 Å². The smallest absolute Gasteiger partial charge is 0.242 e. The van der Waals surface area contributed by atoms with Crippen LogP contribution in [0.1, 0.15) is 26.3 Å². The number of nitrogens with one attached hydrogen (secondary N) is 1. The Morgan fingerprint density at radius 1 is 1.04 bits per heavy atom. The maximum atomic E-state index is 12.2. The predicted octanol–water partition coefficient (Wildman–Crippen LogP) is 3.99. The van der Waals surface area contributed by atoms with Crippen molar-refractivity contribution in [1.29, 1.82) is 0 Å². The third-order valence-electron chi connectivity index (χ3n) is 3.51. The molecule has 4 nitrogen and oxygen atoms in total. The van der Waals surface area contributed by atoms with Crippen molar-refractivity contribution >= 4 is 21.6 Å². The molecule has 0 aliphatic heterocycles. The van der Waals surface area contributed by atoms with Gasteiger partial charge in [0.05, 0.1) is 5.02 Å². The Kier molecular flexibility index (Phi) is 5.91. The average molecular weight is 368 g/mol. The van der Waals surface area contributed by atoms with Gasteiger partial charge < -0.3 is 4.74 Å². The molecular weight excluding hydrogens is 346 g/mol. The van der Waals surface area contributed by atoms with Crippen LogP contribution in [0.15, 0.2) is 53.4 Å². The monoisotopic (exact) mass is 367 g/mol. The van der Waals surface area contributed by atoms with Crippen molar-refractivity contribution in [3.63, 3.8) is 0 Å². The Hall–Kier alpha value is -1.56. The molecule has 0 saturated carbocycles. The zero-order valence-corrected chi connectivity index (χ0v) is 15.6. The molecule has 0 fully saturated rings. The molecule has 0 bridgehead atoms. The highest BCUT2D eigenvalue weighted by atomic mass is 35.5. The fraction of sp³-hybridized carbons (Fsp3) is 0.333. The first-order chi connectivity index (χ1) is 11.2. The molecule has 0 aromatic heterocycles. The van der Waals surface area contributed by atoms with Crippen molar-refractivity contribution in [3.05, 3.63) is 59.1 Å². The first kappa shape index (κ1) is 18.8. The minimum Gasteiger partial charge on any atom is -0.492 e. The van der Waals surface area contributed by atoms with Gasteiger partial charge >= 0.3 is 0 Å². The van der Waals surface area contributed by atoms with Gasteiger partial charge in [-0.25, -0.2) is 13.1 Å². The number of benzene rings is 2. The van der Waals surface area contributed by atoms with Gasteiger partial charge in [0.2, 0.25) is 10.0 Å². The standard InChI is InChI=1S/C18H22ClNO3S/c1-18(2,3)14-8-10-15(11-9-14)23-13-12-20-24(21,22)17-7-5-4-6-16(17)19/h4-11,20H,12-13H2,1-3H3. The zero-order valence-electron chi connectivity index (χ0n) is 14.0. The number of halogens is 1. The van der Waals surface area contributed by atoms with Crippen LogP contribution in [0.3, 0.4) is 0 Å².